The molecule has 0 aliphatic heterocycles. The lowest BCUT2D eigenvalue weighted by Gasteiger charge is -2.13. The number of nitrogens with two attached hydrogens (primary N) is 1. The molecule has 112 valence electrons. The van der Waals surface area contributed by atoms with Gasteiger partial charge in [0.15, 0.2) is 11.6 Å². The Kier molecular flexibility index (Phi) is 7.09. The second-order valence-electron chi connectivity index (χ2n) is 4.68. The Morgan fingerprint density at radius 1 is 1.35 bits per heavy atom. The minimum absolute atomic E-state index is 0.230. The summed E-state index contributed by atoms with van der Waals surface area (Å²) in [6.07, 6.45) is 2.68. The molecule has 1 rings (SSSR count). The molecule has 1 atom stereocenters. The summed E-state index contributed by atoms with van der Waals surface area (Å²) in [5.74, 6) is -1.61. The molecule has 0 heterocycles. The van der Waals surface area contributed by atoms with Crippen molar-refractivity contribution < 1.29 is 13.6 Å². The van der Waals surface area contributed by atoms with E-state index < -0.39 is 17.3 Å². The average Bonchev–Trinajstić information content (AvgIpc) is 2.38. The molecule has 3 N–H and O–H groups in total. The Bertz CT molecular complexity index is 445. The van der Waals surface area contributed by atoms with E-state index in [1.807, 2.05) is 6.92 Å². The van der Waals surface area contributed by atoms with Gasteiger partial charge >= 0.3 is 0 Å². The Morgan fingerprint density at radius 2 is 1.95 bits per heavy atom. The predicted octanol–water partition coefficient (Wildman–Crippen LogP) is 3.82. The Morgan fingerprint density at radius 3 is 2.45 bits per heavy atom. The third-order valence-corrected chi connectivity index (χ3v) is 3.66. The standard InChI is InChI=1S/C14H19BrF2N2O/c1-2-9(5-6-18)3-4-13(20)19-14-11(16)7-10(15)8-12(14)17/h7-9H,2-6,18H2,1H3,(H,19,20). The normalized spacial score (nSPS) is 12.2. The first kappa shape index (κ1) is 17.0. The van der Waals surface area contributed by atoms with Crippen LogP contribution in [0.1, 0.15) is 32.6 Å². The largest absolute Gasteiger partial charge is 0.330 e. The van der Waals surface area contributed by atoms with Crippen molar-refractivity contribution in [3.8, 4) is 0 Å². The van der Waals surface area contributed by atoms with E-state index in [0.717, 1.165) is 25.0 Å². The molecule has 0 bridgehead atoms. The number of halogens is 3. The highest BCUT2D eigenvalue weighted by atomic mass is 79.9. The molecule has 0 aromatic heterocycles. The number of hydrogen-bond acceptors (Lipinski definition) is 2. The van der Waals surface area contributed by atoms with Crippen molar-refractivity contribution in [2.24, 2.45) is 11.7 Å². The molecule has 0 aliphatic carbocycles. The van der Waals surface area contributed by atoms with Crippen LogP contribution in [0.4, 0.5) is 14.5 Å². The van der Waals surface area contributed by atoms with Crippen molar-refractivity contribution in [1.29, 1.82) is 0 Å². The van der Waals surface area contributed by atoms with Crippen molar-refractivity contribution in [3.63, 3.8) is 0 Å². The van der Waals surface area contributed by atoms with Gasteiger partial charge in [-0.3, -0.25) is 4.79 Å². The van der Waals surface area contributed by atoms with Gasteiger partial charge in [-0.15, -0.1) is 0 Å². The summed E-state index contributed by atoms with van der Waals surface area (Å²) in [5, 5.41) is 2.29. The number of carbonyl (C=O) groups is 1. The van der Waals surface area contributed by atoms with Gasteiger partial charge in [-0.05, 0) is 37.4 Å². The molecule has 1 unspecified atom stereocenters. The topological polar surface area (TPSA) is 55.1 Å². The van der Waals surface area contributed by atoms with Crippen LogP contribution < -0.4 is 11.1 Å². The summed E-state index contributed by atoms with van der Waals surface area (Å²) in [6.45, 7) is 2.61. The number of anilines is 1. The fourth-order valence-corrected chi connectivity index (χ4v) is 2.39. The molecule has 6 heteroatoms. The van der Waals surface area contributed by atoms with Gasteiger partial charge < -0.3 is 11.1 Å². The van der Waals surface area contributed by atoms with Gasteiger partial charge in [-0.1, -0.05) is 29.3 Å². The van der Waals surface area contributed by atoms with Gasteiger partial charge in [0.05, 0.1) is 0 Å². The van der Waals surface area contributed by atoms with Crippen LogP contribution >= 0.6 is 15.9 Å². The molecule has 1 aromatic rings. The first-order chi connectivity index (χ1) is 9.47. The smallest absolute Gasteiger partial charge is 0.224 e. The molecule has 1 amide bonds. The lowest BCUT2D eigenvalue weighted by Crippen LogP contribution is -2.16. The highest BCUT2D eigenvalue weighted by Crippen LogP contribution is 2.24. The number of hydrogen-bond donors (Lipinski definition) is 2. The third-order valence-electron chi connectivity index (χ3n) is 3.20. The van der Waals surface area contributed by atoms with E-state index in [0.29, 0.717) is 23.4 Å². The third kappa shape index (κ3) is 5.17. The summed E-state index contributed by atoms with van der Waals surface area (Å²) >= 11 is 2.99. The van der Waals surface area contributed by atoms with Crippen LogP contribution in [-0.2, 0) is 4.79 Å². The van der Waals surface area contributed by atoms with Crippen molar-refractivity contribution in [1.82, 2.24) is 0 Å². The maximum absolute atomic E-state index is 13.6. The fraction of sp³-hybridized carbons (Fsp3) is 0.500. The number of rotatable bonds is 7. The van der Waals surface area contributed by atoms with E-state index in [4.69, 9.17) is 5.73 Å². The van der Waals surface area contributed by atoms with Gasteiger partial charge in [-0.25, -0.2) is 8.78 Å². The number of nitrogens with one attached hydrogen (secondary N) is 1. The van der Waals surface area contributed by atoms with Crippen molar-refractivity contribution in [2.75, 3.05) is 11.9 Å². The van der Waals surface area contributed by atoms with E-state index in [1.165, 1.54) is 0 Å². The molecular weight excluding hydrogens is 330 g/mol. The maximum Gasteiger partial charge on any atom is 0.224 e. The first-order valence-corrected chi connectivity index (χ1v) is 7.41. The summed E-state index contributed by atoms with van der Waals surface area (Å²) < 4.78 is 27.4. The SMILES string of the molecule is CCC(CCN)CCC(=O)Nc1c(F)cc(Br)cc1F. The van der Waals surface area contributed by atoms with Gasteiger partial charge in [0.25, 0.3) is 0 Å². The first-order valence-electron chi connectivity index (χ1n) is 6.62. The second-order valence-corrected chi connectivity index (χ2v) is 5.60. The lowest BCUT2D eigenvalue weighted by atomic mass is 9.96. The summed E-state index contributed by atoms with van der Waals surface area (Å²) in [7, 11) is 0. The highest BCUT2D eigenvalue weighted by molar-refractivity contribution is 9.10. The second kappa shape index (κ2) is 8.32. The van der Waals surface area contributed by atoms with Crippen molar-refractivity contribution >= 4 is 27.5 Å². The minimum Gasteiger partial charge on any atom is -0.330 e. The van der Waals surface area contributed by atoms with Gasteiger partial charge in [0.1, 0.15) is 5.69 Å². The minimum atomic E-state index is -0.792. The molecule has 1 aromatic carbocycles. The lowest BCUT2D eigenvalue weighted by molar-refractivity contribution is -0.116. The molecule has 0 radical (unpaired) electrons. The molecule has 0 saturated heterocycles. The van der Waals surface area contributed by atoms with Crippen LogP contribution in [-0.4, -0.2) is 12.5 Å². The molecular formula is C14H19BrF2N2O. The molecule has 3 nitrogen and oxygen atoms in total. The van der Waals surface area contributed by atoms with E-state index >= 15 is 0 Å². The van der Waals surface area contributed by atoms with E-state index in [-0.39, 0.29) is 12.3 Å². The van der Waals surface area contributed by atoms with E-state index in [1.54, 1.807) is 0 Å². The van der Waals surface area contributed by atoms with Crippen LogP contribution in [0.5, 0.6) is 0 Å². The van der Waals surface area contributed by atoms with Crippen molar-refractivity contribution in [3.05, 3.63) is 28.2 Å². The molecule has 0 spiro atoms. The summed E-state index contributed by atoms with van der Waals surface area (Å²) in [5.41, 5.74) is 5.09. The molecule has 0 aliphatic rings. The van der Waals surface area contributed by atoms with E-state index in [9.17, 15) is 13.6 Å². The quantitative estimate of drug-likeness (QED) is 0.786. The number of carbonyl (C=O) groups excluding carboxylic acids is 1. The summed E-state index contributed by atoms with van der Waals surface area (Å²) in [4.78, 5) is 11.7. The van der Waals surface area contributed by atoms with Crippen LogP contribution in [0.25, 0.3) is 0 Å². The van der Waals surface area contributed by atoms with E-state index in [2.05, 4.69) is 21.2 Å². The van der Waals surface area contributed by atoms with Gasteiger partial charge in [0.2, 0.25) is 5.91 Å². The maximum atomic E-state index is 13.6. The van der Waals surface area contributed by atoms with Crippen LogP contribution in [0.3, 0.4) is 0 Å². The van der Waals surface area contributed by atoms with Crippen LogP contribution in [0.2, 0.25) is 0 Å². The number of amides is 1. The van der Waals surface area contributed by atoms with Gasteiger partial charge in [0, 0.05) is 10.9 Å². The molecule has 20 heavy (non-hydrogen) atoms. The average molecular weight is 349 g/mol. The number of benzene rings is 1. The van der Waals surface area contributed by atoms with Crippen molar-refractivity contribution in [2.45, 2.75) is 32.6 Å². The van der Waals surface area contributed by atoms with Gasteiger partial charge in [-0.2, -0.15) is 0 Å². The fourth-order valence-electron chi connectivity index (χ4n) is 1.99. The van der Waals surface area contributed by atoms with Crippen LogP contribution in [0.15, 0.2) is 16.6 Å². The monoisotopic (exact) mass is 348 g/mol. The zero-order valence-corrected chi connectivity index (χ0v) is 13.0. The zero-order valence-electron chi connectivity index (χ0n) is 11.4. The Balaban J connectivity index is 2.59. The predicted molar refractivity (Wildman–Crippen MR) is 79.4 cm³/mol. The zero-order chi connectivity index (χ0) is 15.1. The Labute approximate surface area is 126 Å². The summed E-state index contributed by atoms with van der Waals surface area (Å²) in [6, 6.07) is 2.23. The molecule has 0 fully saturated rings. The Hall–Kier alpha value is -1.01. The molecule has 0 saturated carbocycles. The van der Waals surface area contributed by atoms with Crippen LogP contribution in [0, 0.1) is 17.6 Å². The highest BCUT2D eigenvalue weighted by Gasteiger charge is 2.15.